The topological polar surface area (TPSA) is 38.3 Å². The average Bonchev–Trinajstić information content (AvgIpc) is 2.42. The van der Waals surface area contributed by atoms with Gasteiger partial charge in [0.15, 0.2) is 6.61 Å². The second-order valence-electron chi connectivity index (χ2n) is 4.74. The molecule has 98 valence electrons. The number of hydrogen-bond donors (Lipinski definition) is 1. The quantitative estimate of drug-likeness (QED) is 0.868. The van der Waals surface area contributed by atoms with Crippen LogP contribution in [0.4, 0.5) is 0 Å². The number of benzene rings is 1. The van der Waals surface area contributed by atoms with Crippen LogP contribution in [0, 0.1) is 0 Å². The molecule has 0 heterocycles. The fourth-order valence-corrected chi connectivity index (χ4v) is 2.34. The van der Waals surface area contributed by atoms with Crippen molar-refractivity contribution in [1.82, 2.24) is 5.32 Å². The summed E-state index contributed by atoms with van der Waals surface area (Å²) in [6.45, 7) is 2.88. The molecule has 1 amide bonds. The molecular formula is C15H21NO2. The Kier molecular flexibility index (Phi) is 4.62. The first-order chi connectivity index (χ1) is 8.81. The Hall–Kier alpha value is -1.51. The Bertz CT molecular complexity index is 415. The highest BCUT2D eigenvalue weighted by molar-refractivity contribution is 5.77. The predicted octanol–water partition coefficient (Wildman–Crippen LogP) is 2.47. The smallest absolute Gasteiger partial charge is 0.257 e. The van der Waals surface area contributed by atoms with E-state index < -0.39 is 0 Å². The molecule has 0 aromatic heterocycles. The summed E-state index contributed by atoms with van der Waals surface area (Å²) in [6, 6.07) is 6.15. The number of amides is 1. The SMILES string of the molecule is CCCNC(=O)COc1cccc2c1CCCC2. The fourth-order valence-electron chi connectivity index (χ4n) is 2.34. The van der Waals surface area contributed by atoms with Gasteiger partial charge in [0.2, 0.25) is 0 Å². The van der Waals surface area contributed by atoms with Crippen molar-refractivity contribution >= 4 is 5.91 Å². The standard InChI is InChI=1S/C15H21NO2/c1-2-10-16-15(17)11-18-14-9-5-7-12-6-3-4-8-13(12)14/h5,7,9H,2-4,6,8,10-11H2,1H3,(H,16,17). The Morgan fingerprint density at radius 1 is 1.33 bits per heavy atom. The summed E-state index contributed by atoms with van der Waals surface area (Å²) in [5.41, 5.74) is 2.68. The van der Waals surface area contributed by atoms with Gasteiger partial charge in [-0.05, 0) is 49.3 Å². The number of nitrogens with one attached hydrogen (secondary N) is 1. The van der Waals surface area contributed by atoms with Gasteiger partial charge in [0.05, 0.1) is 0 Å². The average molecular weight is 247 g/mol. The van der Waals surface area contributed by atoms with Gasteiger partial charge < -0.3 is 10.1 Å². The van der Waals surface area contributed by atoms with E-state index in [0.717, 1.165) is 31.6 Å². The monoisotopic (exact) mass is 247 g/mol. The lowest BCUT2D eigenvalue weighted by molar-refractivity contribution is -0.123. The zero-order valence-electron chi connectivity index (χ0n) is 11.0. The maximum Gasteiger partial charge on any atom is 0.257 e. The minimum Gasteiger partial charge on any atom is -0.483 e. The van der Waals surface area contributed by atoms with E-state index in [0.29, 0.717) is 0 Å². The van der Waals surface area contributed by atoms with Crippen LogP contribution in [0.25, 0.3) is 0 Å². The van der Waals surface area contributed by atoms with Gasteiger partial charge >= 0.3 is 0 Å². The molecule has 1 aliphatic carbocycles. The van der Waals surface area contributed by atoms with Crippen LogP contribution in [0.3, 0.4) is 0 Å². The van der Waals surface area contributed by atoms with Crippen molar-refractivity contribution in [2.75, 3.05) is 13.2 Å². The molecule has 0 bridgehead atoms. The summed E-state index contributed by atoms with van der Waals surface area (Å²) < 4.78 is 5.65. The molecule has 0 aliphatic heterocycles. The second kappa shape index (κ2) is 6.43. The molecule has 1 aliphatic rings. The van der Waals surface area contributed by atoms with E-state index in [1.165, 1.54) is 24.0 Å². The first-order valence-corrected chi connectivity index (χ1v) is 6.81. The zero-order chi connectivity index (χ0) is 12.8. The third kappa shape index (κ3) is 3.25. The van der Waals surface area contributed by atoms with E-state index >= 15 is 0 Å². The lowest BCUT2D eigenvalue weighted by Crippen LogP contribution is -2.29. The van der Waals surface area contributed by atoms with E-state index in [1.54, 1.807) is 0 Å². The minimum atomic E-state index is -0.0368. The van der Waals surface area contributed by atoms with Crippen molar-refractivity contribution in [2.24, 2.45) is 0 Å². The van der Waals surface area contributed by atoms with Gasteiger partial charge in [0.25, 0.3) is 5.91 Å². The Morgan fingerprint density at radius 3 is 3.00 bits per heavy atom. The van der Waals surface area contributed by atoms with E-state index in [2.05, 4.69) is 11.4 Å². The van der Waals surface area contributed by atoms with Crippen LogP contribution in [0.5, 0.6) is 5.75 Å². The number of rotatable bonds is 5. The summed E-state index contributed by atoms with van der Waals surface area (Å²) in [6.07, 6.45) is 5.63. The van der Waals surface area contributed by atoms with Gasteiger partial charge in [-0.25, -0.2) is 0 Å². The molecule has 1 aromatic rings. The van der Waals surface area contributed by atoms with Crippen molar-refractivity contribution in [2.45, 2.75) is 39.0 Å². The van der Waals surface area contributed by atoms with Crippen LogP contribution < -0.4 is 10.1 Å². The third-order valence-corrected chi connectivity index (χ3v) is 3.28. The highest BCUT2D eigenvalue weighted by Crippen LogP contribution is 2.29. The molecule has 1 N–H and O–H groups in total. The van der Waals surface area contributed by atoms with Gasteiger partial charge in [0, 0.05) is 6.54 Å². The summed E-state index contributed by atoms with van der Waals surface area (Å²) in [7, 11) is 0. The number of hydrogen-bond acceptors (Lipinski definition) is 2. The molecule has 0 unspecified atom stereocenters. The first kappa shape index (κ1) is 12.9. The van der Waals surface area contributed by atoms with E-state index in [9.17, 15) is 4.79 Å². The summed E-state index contributed by atoms with van der Waals surface area (Å²) in [5, 5.41) is 2.82. The predicted molar refractivity (Wildman–Crippen MR) is 71.9 cm³/mol. The Labute approximate surface area is 109 Å². The van der Waals surface area contributed by atoms with E-state index in [-0.39, 0.29) is 12.5 Å². The fraction of sp³-hybridized carbons (Fsp3) is 0.533. The van der Waals surface area contributed by atoms with Gasteiger partial charge in [-0.3, -0.25) is 4.79 Å². The third-order valence-electron chi connectivity index (χ3n) is 3.28. The maximum atomic E-state index is 11.5. The van der Waals surface area contributed by atoms with Crippen LogP contribution in [-0.4, -0.2) is 19.1 Å². The molecule has 0 saturated heterocycles. The molecule has 0 atom stereocenters. The van der Waals surface area contributed by atoms with Crippen LogP contribution in [-0.2, 0) is 17.6 Å². The van der Waals surface area contributed by atoms with Gasteiger partial charge in [-0.1, -0.05) is 19.1 Å². The minimum absolute atomic E-state index is 0.0368. The summed E-state index contributed by atoms with van der Waals surface area (Å²) in [5.74, 6) is 0.851. The van der Waals surface area contributed by atoms with E-state index in [4.69, 9.17) is 4.74 Å². The number of fused-ring (bicyclic) bond motifs is 1. The molecule has 2 rings (SSSR count). The summed E-state index contributed by atoms with van der Waals surface area (Å²) >= 11 is 0. The van der Waals surface area contributed by atoms with Crippen molar-refractivity contribution in [3.8, 4) is 5.75 Å². The van der Waals surface area contributed by atoms with Gasteiger partial charge in [0.1, 0.15) is 5.75 Å². The highest BCUT2D eigenvalue weighted by Gasteiger charge is 2.14. The number of ether oxygens (including phenoxy) is 1. The number of carbonyl (C=O) groups excluding carboxylic acids is 1. The molecule has 1 aromatic carbocycles. The molecule has 18 heavy (non-hydrogen) atoms. The van der Waals surface area contributed by atoms with Crippen molar-refractivity contribution < 1.29 is 9.53 Å². The molecule has 0 radical (unpaired) electrons. The van der Waals surface area contributed by atoms with Crippen LogP contribution in [0.2, 0.25) is 0 Å². The highest BCUT2D eigenvalue weighted by atomic mass is 16.5. The first-order valence-electron chi connectivity index (χ1n) is 6.81. The number of carbonyl (C=O) groups is 1. The van der Waals surface area contributed by atoms with Crippen LogP contribution in [0.1, 0.15) is 37.3 Å². The number of aryl methyl sites for hydroxylation is 1. The van der Waals surface area contributed by atoms with Crippen LogP contribution >= 0.6 is 0 Å². The molecule has 0 fully saturated rings. The normalized spacial score (nSPS) is 13.8. The van der Waals surface area contributed by atoms with Gasteiger partial charge in [-0.2, -0.15) is 0 Å². The molecule has 3 heteroatoms. The summed E-state index contributed by atoms with van der Waals surface area (Å²) in [4.78, 5) is 11.5. The molecule has 0 saturated carbocycles. The second-order valence-corrected chi connectivity index (χ2v) is 4.74. The molecular weight excluding hydrogens is 226 g/mol. The maximum absolute atomic E-state index is 11.5. The van der Waals surface area contributed by atoms with Crippen molar-refractivity contribution in [1.29, 1.82) is 0 Å². The molecule has 0 spiro atoms. The van der Waals surface area contributed by atoms with Crippen molar-refractivity contribution in [3.63, 3.8) is 0 Å². The van der Waals surface area contributed by atoms with Crippen molar-refractivity contribution in [3.05, 3.63) is 29.3 Å². The lowest BCUT2D eigenvalue weighted by Gasteiger charge is -2.19. The lowest BCUT2D eigenvalue weighted by atomic mass is 9.91. The van der Waals surface area contributed by atoms with Gasteiger partial charge in [-0.15, -0.1) is 0 Å². The van der Waals surface area contributed by atoms with Crippen LogP contribution in [0.15, 0.2) is 18.2 Å². The Balaban J connectivity index is 1.95. The molecule has 3 nitrogen and oxygen atoms in total. The largest absolute Gasteiger partial charge is 0.483 e. The van der Waals surface area contributed by atoms with E-state index in [1.807, 2.05) is 19.1 Å². The zero-order valence-corrected chi connectivity index (χ0v) is 11.0. The Morgan fingerprint density at radius 2 is 2.17 bits per heavy atom.